The van der Waals surface area contributed by atoms with Crippen molar-refractivity contribution in [3.63, 3.8) is 0 Å². The Bertz CT molecular complexity index is 891. The fourth-order valence-corrected chi connectivity index (χ4v) is 3.01. The van der Waals surface area contributed by atoms with Crippen LogP contribution in [-0.2, 0) is 0 Å². The Hall–Kier alpha value is -2.98. The van der Waals surface area contributed by atoms with Crippen LogP contribution < -0.4 is 0 Å². The SMILES string of the molecule is O=C(O)c1ccc(C(=O)C=Cc2cccc(-c3cccs3)c2)cc1. The first-order chi connectivity index (χ1) is 11.6. The number of allylic oxidation sites excluding steroid dienone is 1. The zero-order valence-electron chi connectivity index (χ0n) is 12.7. The second kappa shape index (κ2) is 7.06. The Labute approximate surface area is 143 Å². The summed E-state index contributed by atoms with van der Waals surface area (Å²) in [5.41, 5.74) is 2.69. The topological polar surface area (TPSA) is 54.4 Å². The van der Waals surface area contributed by atoms with Gasteiger partial charge in [0.2, 0.25) is 0 Å². The maximum atomic E-state index is 12.2. The van der Waals surface area contributed by atoms with Crippen molar-refractivity contribution in [3.05, 3.63) is 88.8 Å². The van der Waals surface area contributed by atoms with E-state index in [0.29, 0.717) is 5.56 Å². The normalized spacial score (nSPS) is 10.8. The highest BCUT2D eigenvalue weighted by Crippen LogP contribution is 2.25. The zero-order chi connectivity index (χ0) is 16.9. The smallest absolute Gasteiger partial charge is 0.335 e. The maximum Gasteiger partial charge on any atom is 0.335 e. The predicted molar refractivity (Wildman–Crippen MR) is 96.5 cm³/mol. The number of benzene rings is 2. The van der Waals surface area contributed by atoms with Crippen LogP contribution in [0.25, 0.3) is 16.5 Å². The molecule has 3 rings (SSSR count). The van der Waals surface area contributed by atoms with E-state index in [0.717, 1.165) is 11.1 Å². The number of thiophene rings is 1. The van der Waals surface area contributed by atoms with Crippen molar-refractivity contribution in [2.75, 3.05) is 0 Å². The summed E-state index contributed by atoms with van der Waals surface area (Å²) >= 11 is 1.67. The van der Waals surface area contributed by atoms with Gasteiger partial charge < -0.3 is 5.11 Å². The van der Waals surface area contributed by atoms with Crippen LogP contribution in [0.1, 0.15) is 26.3 Å². The lowest BCUT2D eigenvalue weighted by Gasteiger charge is -2.00. The standard InChI is InChI=1S/C20H14O3S/c21-18(15-7-9-16(10-8-15)20(22)23)11-6-14-3-1-4-17(13-14)19-5-2-12-24-19/h1-13H,(H,22,23). The molecule has 0 aliphatic carbocycles. The highest BCUT2D eigenvalue weighted by Gasteiger charge is 2.05. The molecule has 0 fully saturated rings. The van der Waals surface area contributed by atoms with Gasteiger partial charge in [0.05, 0.1) is 5.56 Å². The first-order valence-electron chi connectivity index (χ1n) is 7.33. The van der Waals surface area contributed by atoms with Crippen molar-refractivity contribution in [2.45, 2.75) is 0 Å². The largest absolute Gasteiger partial charge is 0.478 e. The zero-order valence-corrected chi connectivity index (χ0v) is 13.5. The van der Waals surface area contributed by atoms with Crippen LogP contribution in [0.3, 0.4) is 0 Å². The molecule has 0 amide bonds. The van der Waals surface area contributed by atoms with E-state index in [1.54, 1.807) is 17.4 Å². The molecule has 1 heterocycles. The highest BCUT2D eigenvalue weighted by atomic mass is 32.1. The second-order valence-electron chi connectivity index (χ2n) is 5.18. The molecular formula is C20H14O3S. The molecule has 0 aliphatic heterocycles. The molecular weight excluding hydrogens is 320 g/mol. The molecule has 1 N–H and O–H groups in total. The van der Waals surface area contributed by atoms with Crippen LogP contribution in [0.5, 0.6) is 0 Å². The molecule has 0 saturated carbocycles. The molecule has 0 radical (unpaired) electrons. The molecule has 0 saturated heterocycles. The maximum absolute atomic E-state index is 12.2. The first-order valence-corrected chi connectivity index (χ1v) is 8.21. The summed E-state index contributed by atoms with van der Waals surface area (Å²) in [5.74, 6) is -1.16. The average Bonchev–Trinajstić information content (AvgIpc) is 3.15. The Morgan fingerprint density at radius 1 is 0.917 bits per heavy atom. The Balaban J connectivity index is 1.76. The number of carboxylic acid groups (broad SMARTS) is 1. The summed E-state index contributed by atoms with van der Waals surface area (Å²) in [5, 5.41) is 10.9. The van der Waals surface area contributed by atoms with Gasteiger partial charge in [-0.3, -0.25) is 4.79 Å². The van der Waals surface area contributed by atoms with Gasteiger partial charge in [0.1, 0.15) is 0 Å². The lowest BCUT2D eigenvalue weighted by molar-refractivity contribution is 0.0696. The van der Waals surface area contributed by atoms with Gasteiger partial charge in [0.15, 0.2) is 5.78 Å². The van der Waals surface area contributed by atoms with Gasteiger partial charge in [-0.25, -0.2) is 4.79 Å². The van der Waals surface area contributed by atoms with Crippen molar-refractivity contribution in [1.82, 2.24) is 0 Å². The van der Waals surface area contributed by atoms with Crippen LogP contribution in [0.4, 0.5) is 0 Å². The quantitative estimate of drug-likeness (QED) is 0.527. The monoisotopic (exact) mass is 334 g/mol. The summed E-state index contributed by atoms with van der Waals surface area (Å²) in [4.78, 5) is 24.2. The summed E-state index contributed by atoms with van der Waals surface area (Å²) in [6.07, 6.45) is 3.27. The van der Waals surface area contributed by atoms with E-state index in [2.05, 4.69) is 6.07 Å². The number of aromatic carboxylic acids is 1. The predicted octanol–water partition coefficient (Wildman–Crippen LogP) is 5.01. The highest BCUT2D eigenvalue weighted by molar-refractivity contribution is 7.13. The van der Waals surface area contributed by atoms with Crippen LogP contribution in [0.15, 0.2) is 72.1 Å². The average molecular weight is 334 g/mol. The molecule has 1 aromatic heterocycles. The minimum Gasteiger partial charge on any atom is -0.478 e. The fraction of sp³-hybridized carbons (Fsp3) is 0. The molecule has 0 atom stereocenters. The van der Waals surface area contributed by atoms with Gasteiger partial charge in [-0.05, 0) is 46.8 Å². The number of carbonyl (C=O) groups is 2. The summed E-state index contributed by atoms with van der Waals surface area (Å²) in [6.45, 7) is 0. The molecule has 0 aliphatic rings. The van der Waals surface area contributed by atoms with E-state index >= 15 is 0 Å². The van der Waals surface area contributed by atoms with E-state index < -0.39 is 5.97 Å². The first kappa shape index (κ1) is 15.9. The molecule has 0 spiro atoms. The minimum atomic E-state index is -1.00. The molecule has 24 heavy (non-hydrogen) atoms. The number of carboxylic acids is 1. The Morgan fingerprint density at radius 3 is 2.33 bits per heavy atom. The lowest BCUT2D eigenvalue weighted by Crippen LogP contribution is -1.98. The number of rotatable bonds is 5. The van der Waals surface area contributed by atoms with Gasteiger partial charge in [0, 0.05) is 10.4 Å². The van der Waals surface area contributed by atoms with Crippen LogP contribution in [0, 0.1) is 0 Å². The van der Waals surface area contributed by atoms with Gasteiger partial charge in [-0.1, -0.05) is 42.5 Å². The second-order valence-corrected chi connectivity index (χ2v) is 6.13. The van der Waals surface area contributed by atoms with E-state index in [1.807, 2.05) is 35.7 Å². The van der Waals surface area contributed by atoms with Crippen LogP contribution in [0.2, 0.25) is 0 Å². The van der Waals surface area contributed by atoms with E-state index in [1.165, 1.54) is 35.2 Å². The van der Waals surface area contributed by atoms with Crippen molar-refractivity contribution in [2.24, 2.45) is 0 Å². The molecule has 3 aromatic rings. The van der Waals surface area contributed by atoms with E-state index in [4.69, 9.17) is 5.11 Å². The van der Waals surface area contributed by atoms with Crippen molar-refractivity contribution >= 4 is 29.2 Å². The van der Waals surface area contributed by atoms with Gasteiger partial charge in [-0.15, -0.1) is 11.3 Å². The van der Waals surface area contributed by atoms with E-state index in [-0.39, 0.29) is 11.3 Å². The van der Waals surface area contributed by atoms with E-state index in [9.17, 15) is 9.59 Å². The summed E-state index contributed by atoms with van der Waals surface area (Å²) in [6, 6.07) is 17.9. The molecule has 3 nitrogen and oxygen atoms in total. The third kappa shape index (κ3) is 3.67. The number of hydrogen-bond acceptors (Lipinski definition) is 3. The molecule has 118 valence electrons. The van der Waals surface area contributed by atoms with Gasteiger partial charge in [-0.2, -0.15) is 0 Å². The molecule has 4 heteroatoms. The fourth-order valence-electron chi connectivity index (χ4n) is 2.28. The van der Waals surface area contributed by atoms with Gasteiger partial charge in [0.25, 0.3) is 0 Å². The van der Waals surface area contributed by atoms with Crippen molar-refractivity contribution < 1.29 is 14.7 Å². The Kier molecular flexibility index (Phi) is 4.68. The summed E-state index contributed by atoms with van der Waals surface area (Å²) in [7, 11) is 0. The van der Waals surface area contributed by atoms with Crippen molar-refractivity contribution in [1.29, 1.82) is 0 Å². The number of carbonyl (C=O) groups excluding carboxylic acids is 1. The number of hydrogen-bond donors (Lipinski definition) is 1. The number of ketones is 1. The molecule has 2 aromatic carbocycles. The third-order valence-electron chi connectivity index (χ3n) is 3.54. The molecule has 0 unspecified atom stereocenters. The molecule has 0 bridgehead atoms. The van der Waals surface area contributed by atoms with Crippen LogP contribution in [-0.4, -0.2) is 16.9 Å². The lowest BCUT2D eigenvalue weighted by atomic mass is 10.1. The Morgan fingerprint density at radius 2 is 1.67 bits per heavy atom. The van der Waals surface area contributed by atoms with Crippen LogP contribution >= 0.6 is 11.3 Å². The van der Waals surface area contributed by atoms with Crippen molar-refractivity contribution in [3.8, 4) is 10.4 Å². The third-order valence-corrected chi connectivity index (χ3v) is 4.45. The minimum absolute atomic E-state index is 0.159. The summed E-state index contributed by atoms with van der Waals surface area (Å²) < 4.78 is 0. The van der Waals surface area contributed by atoms with Gasteiger partial charge >= 0.3 is 5.97 Å².